The van der Waals surface area contributed by atoms with Gasteiger partial charge in [-0.1, -0.05) is 30.3 Å². The molecule has 6 rings (SSSR count). The number of thiazole rings is 1. The summed E-state index contributed by atoms with van der Waals surface area (Å²) in [5, 5.41) is 12.7. The number of para-hydroxylation sites is 1. The van der Waals surface area contributed by atoms with Crippen molar-refractivity contribution in [3.8, 4) is 17.0 Å². The highest BCUT2D eigenvalue weighted by Crippen LogP contribution is 2.44. The van der Waals surface area contributed by atoms with Gasteiger partial charge in [0.1, 0.15) is 12.4 Å². The lowest BCUT2D eigenvalue weighted by atomic mass is 9.85. The Morgan fingerprint density at radius 1 is 1.13 bits per heavy atom. The average Bonchev–Trinajstić information content (AvgIpc) is 3.52. The predicted molar refractivity (Wildman–Crippen MR) is 149 cm³/mol. The average molecular weight is 534 g/mol. The van der Waals surface area contributed by atoms with Crippen LogP contribution in [0.3, 0.4) is 0 Å². The van der Waals surface area contributed by atoms with Gasteiger partial charge in [-0.2, -0.15) is 0 Å². The molecule has 0 radical (unpaired) electrons. The fraction of sp³-hybridized carbons (Fsp3) is 0.467. The molecule has 2 saturated heterocycles. The van der Waals surface area contributed by atoms with Crippen LogP contribution in [0.25, 0.3) is 11.3 Å². The van der Waals surface area contributed by atoms with Crippen molar-refractivity contribution in [3.05, 3.63) is 64.5 Å². The zero-order valence-electron chi connectivity index (χ0n) is 21.8. The maximum atomic E-state index is 11.7. The lowest BCUT2D eigenvalue weighted by Crippen LogP contribution is -2.44. The van der Waals surface area contributed by atoms with Crippen LogP contribution >= 0.6 is 11.3 Å². The van der Waals surface area contributed by atoms with E-state index >= 15 is 0 Å². The highest BCUT2D eigenvalue weighted by atomic mass is 32.1. The molecule has 0 spiro atoms. The van der Waals surface area contributed by atoms with Crippen LogP contribution in [0.5, 0.6) is 5.75 Å². The Morgan fingerprint density at radius 2 is 1.89 bits per heavy atom. The summed E-state index contributed by atoms with van der Waals surface area (Å²) in [5.74, 6) is 0.433. The fourth-order valence-electron chi connectivity index (χ4n) is 6.31. The molecule has 1 aliphatic carbocycles. The summed E-state index contributed by atoms with van der Waals surface area (Å²) >= 11 is 1.63. The van der Waals surface area contributed by atoms with Gasteiger partial charge in [0, 0.05) is 43.7 Å². The number of aryl methyl sites for hydroxylation is 1. The molecular formula is C30H35N3O4S. The Labute approximate surface area is 228 Å². The van der Waals surface area contributed by atoms with E-state index in [0.29, 0.717) is 6.61 Å². The van der Waals surface area contributed by atoms with E-state index in [1.54, 1.807) is 11.3 Å². The molecular weight excluding hydrogens is 498 g/mol. The highest BCUT2D eigenvalue weighted by Gasteiger charge is 2.46. The number of carboxylic acids is 1. The van der Waals surface area contributed by atoms with E-state index in [1.807, 2.05) is 18.2 Å². The van der Waals surface area contributed by atoms with Gasteiger partial charge in [0.05, 0.1) is 24.8 Å². The molecule has 0 amide bonds. The first-order valence-corrected chi connectivity index (χ1v) is 14.5. The Hall–Kier alpha value is -2.94. The van der Waals surface area contributed by atoms with E-state index in [0.717, 1.165) is 80.9 Å². The number of hydrogen-bond donors (Lipinski definition) is 1. The van der Waals surface area contributed by atoms with Gasteiger partial charge in [0.2, 0.25) is 0 Å². The third-order valence-electron chi connectivity index (χ3n) is 8.34. The Morgan fingerprint density at radius 3 is 2.63 bits per heavy atom. The standard InChI is InChI=1S/C30H35N3O4S/c1-20-14-21(15-32-10-12-36-13-11-32)6-7-24(20)18-37-27-5-3-2-4-25(27)26-19-38-30(31-26)33-16-22-8-9-23(17-33)28(22)29(34)35/h2-7,14,19,22-23,28H,8-13,15-18H2,1H3,(H,34,35). The van der Waals surface area contributed by atoms with Gasteiger partial charge in [-0.15, -0.1) is 11.3 Å². The second kappa shape index (κ2) is 11.0. The minimum Gasteiger partial charge on any atom is -0.488 e. The monoisotopic (exact) mass is 533 g/mol. The number of hydrogen-bond acceptors (Lipinski definition) is 7. The summed E-state index contributed by atoms with van der Waals surface area (Å²) in [6, 6.07) is 14.8. The quantitative estimate of drug-likeness (QED) is 0.433. The molecule has 1 N–H and O–H groups in total. The van der Waals surface area contributed by atoms with Gasteiger partial charge in [-0.05, 0) is 60.4 Å². The first-order valence-electron chi connectivity index (χ1n) is 13.6. The molecule has 3 aliphatic rings. The van der Waals surface area contributed by atoms with Crippen molar-refractivity contribution in [2.75, 3.05) is 44.3 Å². The first-order chi connectivity index (χ1) is 18.5. The molecule has 8 heteroatoms. The minimum atomic E-state index is -0.634. The number of fused-ring (bicyclic) bond motifs is 2. The van der Waals surface area contributed by atoms with Gasteiger partial charge < -0.3 is 19.5 Å². The number of benzene rings is 2. The van der Waals surface area contributed by atoms with Crippen molar-refractivity contribution in [3.63, 3.8) is 0 Å². The summed E-state index contributed by atoms with van der Waals surface area (Å²) in [5.41, 5.74) is 5.64. The maximum Gasteiger partial charge on any atom is 0.307 e. The number of carboxylic acid groups (broad SMARTS) is 1. The summed E-state index contributed by atoms with van der Waals surface area (Å²) in [6.45, 7) is 8.77. The molecule has 200 valence electrons. The molecule has 1 saturated carbocycles. The van der Waals surface area contributed by atoms with E-state index in [4.69, 9.17) is 14.5 Å². The molecule has 2 atom stereocenters. The van der Waals surface area contributed by atoms with Crippen LogP contribution in [0.4, 0.5) is 5.13 Å². The maximum absolute atomic E-state index is 11.7. The van der Waals surface area contributed by atoms with E-state index in [1.165, 1.54) is 16.7 Å². The van der Waals surface area contributed by atoms with Gasteiger partial charge in [-0.3, -0.25) is 9.69 Å². The summed E-state index contributed by atoms with van der Waals surface area (Å²) < 4.78 is 11.8. The topological polar surface area (TPSA) is 75.1 Å². The number of aliphatic carboxylic acids is 1. The van der Waals surface area contributed by atoms with Gasteiger partial charge >= 0.3 is 5.97 Å². The van der Waals surface area contributed by atoms with Crippen LogP contribution in [-0.4, -0.2) is 60.4 Å². The van der Waals surface area contributed by atoms with Crippen molar-refractivity contribution >= 4 is 22.4 Å². The molecule has 2 unspecified atom stereocenters. The second-order valence-corrected chi connectivity index (χ2v) is 11.7. The van der Waals surface area contributed by atoms with Crippen LogP contribution < -0.4 is 9.64 Å². The molecule has 1 aromatic heterocycles. The highest BCUT2D eigenvalue weighted by molar-refractivity contribution is 7.14. The SMILES string of the molecule is Cc1cc(CN2CCOCC2)ccc1COc1ccccc1-c1csc(N2CC3CCC(C2)C3C(=O)O)n1. The Bertz CT molecular complexity index is 1270. The van der Waals surface area contributed by atoms with Crippen LogP contribution in [0.1, 0.15) is 29.5 Å². The largest absolute Gasteiger partial charge is 0.488 e. The number of ether oxygens (including phenoxy) is 2. The van der Waals surface area contributed by atoms with Crippen LogP contribution in [0, 0.1) is 24.7 Å². The first kappa shape index (κ1) is 25.3. The van der Waals surface area contributed by atoms with Gasteiger partial charge in [0.15, 0.2) is 5.13 Å². The third-order valence-corrected chi connectivity index (χ3v) is 9.25. The zero-order chi connectivity index (χ0) is 26.1. The zero-order valence-corrected chi connectivity index (χ0v) is 22.7. The summed E-state index contributed by atoms with van der Waals surface area (Å²) in [7, 11) is 0. The molecule has 3 heterocycles. The van der Waals surface area contributed by atoms with Gasteiger partial charge in [0.25, 0.3) is 0 Å². The molecule has 3 aromatic rings. The van der Waals surface area contributed by atoms with Crippen molar-refractivity contribution in [1.29, 1.82) is 0 Å². The number of rotatable bonds is 8. The van der Waals surface area contributed by atoms with Crippen LogP contribution in [0.2, 0.25) is 0 Å². The van der Waals surface area contributed by atoms with Crippen LogP contribution in [0.15, 0.2) is 47.8 Å². The minimum absolute atomic E-state index is 0.198. The lowest BCUT2D eigenvalue weighted by Gasteiger charge is -2.35. The smallest absolute Gasteiger partial charge is 0.307 e. The Kier molecular flexibility index (Phi) is 7.37. The molecule has 7 nitrogen and oxygen atoms in total. The van der Waals surface area contributed by atoms with E-state index < -0.39 is 5.97 Å². The summed E-state index contributed by atoms with van der Waals surface area (Å²) in [6.07, 6.45) is 2.00. The molecule has 2 aliphatic heterocycles. The predicted octanol–water partition coefficient (Wildman–Crippen LogP) is 5.08. The van der Waals surface area contributed by atoms with Crippen LogP contribution in [-0.2, 0) is 22.7 Å². The second-order valence-electron chi connectivity index (χ2n) is 10.8. The van der Waals surface area contributed by atoms with Crippen molar-refractivity contribution in [2.24, 2.45) is 17.8 Å². The van der Waals surface area contributed by atoms with E-state index in [9.17, 15) is 9.90 Å². The fourth-order valence-corrected chi connectivity index (χ4v) is 7.16. The number of piperidine rings is 1. The number of carbonyl (C=O) groups is 1. The molecule has 38 heavy (non-hydrogen) atoms. The van der Waals surface area contributed by atoms with E-state index in [2.05, 4.69) is 46.4 Å². The molecule has 2 aromatic carbocycles. The normalized spacial score (nSPS) is 23.5. The number of nitrogens with zero attached hydrogens (tertiary/aromatic N) is 3. The molecule has 2 bridgehead atoms. The van der Waals surface area contributed by atoms with E-state index in [-0.39, 0.29) is 17.8 Å². The number of anilines is 1. The Balaban J connectivity index is 1.12. The molecule has 3 fully saturated rings. The number of aromatic nitrogens is 1. The van der Waals surface area contributed by atoms with Crippen molar-refractivity contribution < 1.29 is 19.4 Å². The van der Waals surface area contributed by atoms with Crippen molar-refractivity contribution in [2.45, 2.75) is 32.9 Å². The third kappa shape index (κ3) is 5.30. The lowest BCUT2D eigenvalue weighted by molar-refractivity contribution is -0.144. The van der Waals surface area contributed by atoms with Gasteiger partial charge in [-0.25, -0.2) is 4.98 Å². The number of morpholine rings is 1. The summed E-state index contributed by atoms with van der Waals surface area (Å²) in [4.78, 5) is 21.4. The van der Waals surface area contributed by atoms with Crippen molar-refractivity contribution in [1.82, 2.24) is 9.88 Å².